The number of fused-ring (bicyclic) bond motifs is 2. The molecule has 2 aliphatic rings. The van der Waals surface area contributed by atoms with Crippen LogP contribution in [0.3, 0.4) is 0 Å². The van der Waals surface area contributed by atoms with Crippen LogP contribution in [0.4, 0.5) is 0 Å². The summed E-state index contributed by atoms with van der Waals surface area (Å²) in [6.45, 7) is 3.88. The van der Waals surface area contributed by atoms with Gasteiger partial charge >= 0.3 is 5.97 Å². The fourth-order valence-electron chi connectivity index (χ4n) is 3.27. The zero-order valence-corrected chi connectivity index (χ0v) is 13.8. The minimum absolute atomic E-state index is 0.366. The Labute approximate surface area is 136 Å². The molecule has 0 radical (unpaired) electrons. The Balaban J connectivity index is 1.93. The van der Waals surface area contributed by atoms with E-state index in [1.807, 2.05) is 0 Å². The van der Waals surface area contributed by atoms with Gasteiger partial charge in [0.05, 0.1) is 18.1 Å². The average Bonchev–Trinajstić information content (AvgIpc) is 2.73. The van der Waals surface area contributed by atoms with Gasteiger partial charge in [0.25, 0.3) is 11.5 Å². The molecule has 2 bridgehead atoms. The van der Waals surface area contributed by atoms with E-state index in [1.165, 1.54) is 12.8 Å². The van der Waals surface area contributed by atoms with Crippen molar-refractivity contribution in [3.05, 3.63) is 12.2 Å². The number of rotatable bonds is 8. The molecule has 5 unspecified atom stereocenters. The highest BCUT2D eigenvalue weighted by molar-refractivity contribution is 6.09. The van der Waals surface area contributed by atoms with Gasteiger partial charge in [-0.3, -0.25) is 4.79 Å². The van der Waals surface area contributed by atoms with Gasteiger partial charge < -0.3 is 20.3 Å². The Bertz CT molecular complexity index is 478. The van der Waals surface area contributed by atoms with E-state index in [0.717, 1.165) is 19.3 Å². The SMILES string of the molecule is CCCCCCCC(O)/C=C/C1C2OC(=O)C1(O)C(=O)NC2C. The van der Waals surface area contributed by atoms with Crippen LogP contribution in [-0.4, -0.2) is 45.9 Å². The lowest BCUT2D eigenvalue weighted by Gasteiger charge is -2.33. The Morgan fingerprint density at radius 1 is 1.30 bits per heavy atom. The van der Waals surface area contributed by atoms with Crippen molar-refractivity contribution in [1.82, 2.24) is 5.32 Å². The van der Waals surface area contributed by atoms with Gasteiger partial charge in [-0.15, -0.1) is 0 Å². The van der Waals surface area contributed by atoms with Crippen LogP contribution in [0.15, 0.2) is 12.2 Å². The number of nitrogens with one attached hydrogen (secondary N) is 1. The van der Waals surface area contributed by atoms with Crippen molar-refractivity contribution in [2.24, 2.45) is 5.92 Å². The molecule has 2 heterocycles. The zero-order chi connectivity index (χ0) is 17.0. The molecule has 2 aliphatic heterocycles. The summed E-state index contributed by atoms with van der Waals surface area (Å²) in [6.07, 6.45) is 8.06. The second-order valence-electron chi connectivity index (χ2n) is 6.58. The van der Waals surface area contributed by atoms with Crippen LogP contribution in [0, 0.1) is 5.92 Å². The minimum Gasteiger partial charge on any atom is -0.457 e. The van der Waals surface area contributed by atoms with E-state index >= 15 is 0 Å². The number of unbranched alkanes of at least 4 members (excludes halogenated alkanes) is 4. The van der Waals surface area contributed by atoms with Crippen LogP contribution < -0.4 is 5.32 Å². The number of hydrogen-bond acceptors (Lipinski definition) is 5. The van der Waals surface area contributed by atoms with Crippen molar-refractivity contribution < 1.29 is 24.5 Å². The van der Waals surface area contributed by atoms with Gasteiger partial charge in [0.15, 0.2) is 0 Å². The maximum atomic E-state index is 12.0. The number of aliphatic hydroxyl groups is 2. The van der Waals surface area contributed by atoms with Gasteiger partial charge in [0.1, 0.15) is 6.10 Å². The van der Waals surface area contributed by atoms with E-state index < -0.39 is 35.6 Å². The lowest BCUT2D eigenvalue weighted by Crippen LogP contribution is -2.62. The predicted octanol–water partition coefficient (Wildman–Crippen LogP) is 1.05. The zero-order valence-electron chi connectivity index (χ0n) is 13.8. The number of aliphatic hydroxyl groups excluding tert-OH is 1. The summed E-state index contributed by atoms with van der Waals surface area (Å²) in [5.41, 5.74) is -2.17. The number of hydrogen-bond donors (Lipinski definition) is 3. The first kappa shape index (κ1) is 17.9. The number of carbonyl (C=O) groups is 2. The molecule has 3 N–H and O–H groups in total. The summed E-state index contributed by atoms with van der Waals surface area (Å²) in [5.74, 6) is -2.39. The van der Waals surface area contributed by atoms with Crippen molar-refractivity contribution in [3.8, 4) is 0 Å². The lowest BCUT2D eigenvalue weighted by molar-refractivity contribution is -0.160. The van der Waals surface area contributed by atoms with E-state index in [2.05, 4.69) is 12.2 Å². The second-order valence-corrected chi connectivity index (χ2v) is 6.58. The molecule has 2 fully saturated rings. The fourth-order valence-corrected chi connectivity index (χ4v) is 3.27. The topological polar surface area (TPSA) is 95.9 Å². The molecular weight excluding hydrogens is 298 g/mol. The first-order valence-corrected chi connectivity index (χ1v) is 8.52. The van der Waals surface area contributed by atoms with Gasteiger partial charge in [-0.25, -0.2) is 4.79 Å². The van der Waals surface area contributed by atoms with E-state index in [9.17, 15) is 19.8 Å². The van der Waals surface area contributed by atoms with Crippen LogP contribution in [-0.2, 0) is 14.3 Å². The summed E-state index contributed by atoms with van der Waals surface area (Å²) in [4.78, 5) is 23.8. The molecule has 6 nitrogen and oxygen atoms in total. The van der Waals surface area contributed by atoms with Crippen LogP contribution in [0.5, 0.6) is 0 Å². The molecule has 2 saturated heterocycles. The number of ether oxygens (including phenoxy) is 1. The van der Waals surface area contributed by atoms with Gasteiger partial charge in [0, 0.05) is 0 Å². The van der Waals surface area contributed by atoms with Gasteiger partial charge in [0.2, 0.25) is 0 Å². The highest BCUT2D eigenvalue weighted by atomic mass is 16.6. The molecule has 130 valence electrons. The predicted molar refractivity (Wildman–Crippen MR) is 84.4 cm³/mol. The third-order valence-electron chi connectivity index (χ3n) is 4.73. The second kappa shape index (κ2) is 7.45. The van der Waals surface area contributed by atoms with E-state index in [-0.39, 0.29) is 6.04 Å². The molecule has 23 heavy (non-hydrogen) atoms. The van der Waals surface area contributed by atoms with Crippen LogP contribution in [0.25, 0.3) is 0 Å². The van der Waals surface area contributed by atoms with Crippen LogP contribution in [0.1, 0.15) is 52.4 Å². The number of esters is 1. The fraction of sp³-hybridized carbons (Fsp3) is 0.765. The van der Waals surface area contributed by atoms with Gasteiger partial charge in [-0.2, -0.15) is 0 Å². The van der Waals surface area contributed by atoms with Crippen LogP contribution in [0.2, 0.25) is 0 Å². The monoisotopic (exact) mass is 325 g/mol. The number of amides is 1. The van der Waals surface area contributed by atoms with Crippen LogP contribution >= 0.6 is 0 Å². The van der Waals surface area contributed by atoms with Crippen molar-refractivity contribution in [2.45, 2.75) is 76.2 Å². The van der Waals surface area contributed by atoms with E-state index in [4.69, 9.17) is 4.74 Å². The van der Waals surface area contributed by atoms with Crippen molar-refractivity contribution in [1.29, 1.82) is 0 Å². The Morgan fingerprint density at radius 2 is 2.00 bits per heavy atom. The number of piperidine rings is 1. The molecular formula is C17H27NO5. The number of carbonyl (C=O) groups excluding carboxylic acids is 2. The molecule has 0 aliphatic carbocycles. The first-order valence-electron chi connectivity index (χ1n) is 8.52. The average molecular weight is 325 g/mol. The van der Waals surface area contributed by atoms with E-state index in [1.54, 1.807) is 19.1 Å². The molecule has 0 aromatic rings. The standard InChI is InChI=1S/C17H27NO5/c1-3-4-5-6-7-8-12(19)9-10-13-14-11(2)18-15(20)17(13,22)16(21)23-14/h9-14,19,22H,3-8H2,1-2H3,(H,18,20)/b10-9+. The van der Waals surface area contributed by atoms with Crippen molar-refractivity contribution in [3.63, 3.8) is 0 Å². The third-order valence-corrected chi connectivity index (χ3v) is 4.73. The van der Waals surface area contributed by atoms with Gasteiger partial charge in [-0.05, 0) is 13.3 Å². The highest BCUT2D eigenvalue weighted by Crippen LogP contribution is 2.38. The molecule has 2 rings (SSSR count). The molecule has 6 heteroatoms. The van der Waals surface area contributed by atoms with E-state index in [0.29, 0.717) is 6.42 Å². The Kier molecular flexibility index (Phi) is 5.81. The van der Waals surface area contributed by atoms with Crippen molar-refractivity contribution in [2.75, 3.05) is 0 Å². The summed E-state index contributed by atoms with van der Waals surface area (Å²) in [7, 11) is 0. The summed E-state index contributed by atoms with van der Waals surface area (Å²) in [6, 6.07) is -0.366. The normalized spacial score (nSPS) is 34.5. The summed E-state index contributed by atoms with van der Waals surface area (Å²) >= 11 is 0. The quantitative estimate of drug-likeness (QED) is 0.268. The molecule has 5 atom stereocenters. The molecule has 0 spiro atoms. The Morgan fingerprint density at radius 3 is 2.70 bits per heavy atom. The largest absolute Gasteiger partial charge is 0.457 e. The minimum atomic E-state index is -2.17. The molecule has 0 aromatic carbocycles. The van der Waals surface area contributed by atoms with Crippen molar-refractivity contribution >= 4 is 11.9 Å². The van der Waals surface area contributed by atoms with Gasteiger partial charge in [-0.1, -0.05) is 51.2 Å². The summed E-state index contributed by atoms with van der Waals surface area (Å²) in [5, 5.41) is 23.0. The molecule has 1 amide bonds. The molecule has 0 aromatic heterocycles. The first-order chi connectivity index (χ1) is 10.9. The molecule has 0 saturated carbocycles. The smallest absolute Gasteiger partial charge is 0.349 e. The maximum absolute atomic E-state index is 12.0. The summed E-state index contributed by atoms with van der Waals surface area (Å²) < 4.78 is 5.14. The lowest BCUT2D eigenvalue weighted by atomic mass is 9.79. The maximum Gasteiger partial charge on any atom is 0.349 e. The Hall–Kier alpha value is -1.40. The third kappa shape index (κ3) is 3.58. The highest BCUT2D eigenvalue weighted by Gasteiger charge is 2.65.